The zero-order valence-electron chi connectivity index (χ0n) is 9.16. The molecule has 0 bridgehead atoms. The predicted molar refractivity (Wildman–Crippen MR) is 63.8 cm³/mol. The van der Waals surface area contributed by atoms with Crippen molar-refractivity contribution in [2.24, 2.45) is 0 Å². The van der Waals surface area contributed by atoms with Crippen LogP contribution in [0.2, 0.25) is 17.3 Å². The number of rotatable bonds is 5. The van der Waals surface area contributed by atoms with Crippen LogP contribution in [-0.2, 0) is 8.56 Å². The van der Waals surface area contributed by atoms with E-state index in [4.69, 9.17) is 38.6 Å². The second kappa shape index (κ2) is 5.31. The summed E-state index contributed by atoms with van der Waals surface area (Å²) < 4.78 is 41.6. The first-order valence-electron chi connectivity index (χ1n) is 4.32. The van der Waals surface area contributed by atoms with E-state index in [1.54, 1.807) is 0 Å². The topological polar surface area (TPSA) is 26.3 Å². The Morgan fingerprint density at radius 2 is 1.59 bits per heavy atom. The van der Waals surface area contributed by atoms with Gasteiger partial charge in [0, 0.05) is 0 Å². The van der Waals surface area contributed by atoms with Crippen LogP contribution in [0.1, 0.15) is 0 Å². The summed E-state index contributed by atoms with van der Waals surface area (Å²) in [5.41, 5.74) is -3.26. The van der Waals surface area contributed by atoms with Gasteiger partial charge in [-0.05, 0) is 0 Å². The van der Waals surface area contributed by atoms with Crippen LogP contribution in [0.25, 0.3) is 0 Å². The van der Waals surface area contributed by atoms with Crippen LogP contribution >= 0.6 is 34.8 Å². The second-order valence-electron chi connectivity index (χ2n) is 4.21. The average molecular weight is 374 g/mol. The number of halogens is 6. The average Bonchev–Trinajstić information content (AvgIpc) is 1.96. The predicted octanol–water partition coefficient (Wildman–Crippen LogP) is 3.90. The molecule has 0 radical (unpaired) electrons. The van der Waals surface area contributed by atoms with E-state index in [9.17, 15) is 18.0 Å². The fourth-order valence-electron chi connectivity index (χ4n) is 1.04. The van der Waals surface area contributed by atoms with Gasteiger partial charge >= 0.3 is 115 Å². The van der Waals surface area contributed by atoms with Gasteiger partial charge in [0.1, 0.15) is 0 Å². The van der Waals surface area contributed by atoms with Gasteiger partial charge in [-0.2, -0.15) is 0 Å². The minimum absolute atomic E-state index is 0.0799. The monoisotopic (exact) mass is 374 g/mol. The van der Waals surface area contributed by atoms with E-state index in [1.807, 2.05) is 0 Å². The molecule has 0 saturated carbocycles. The molecule has 0 N–H and O–H groups in total. The van der Waals surface area contributed by atoms with E-state index >= 15 is 0 Å². The summed E-state index contributed by atoms with van der Waals surface area (Å²) in [4.78, 5) is 10.3. The summed E-state index contributed by atoms with van der Waals surface area (Å²) in [7, 11) is 0. The van der Waals surface area contributed by atoms with E-state index in [-0.39, 0.29) is 6.08 Å². The Balaban J connectivity index is 5.86. The third-order valence-electron chi connectivity index (χ3n) is 1.57. The van der Waals surface area contributed by atoms with E-state index < -0.39 is 29.2 Å². The summed E-state index contributed by atoms with van der Waals surface area (Å²) in [6, 6.07) is 0. The third kappa shape index (κ3) is 4.33. The van der Waals surface area contributed by atoms with Crippen molar-refractivity contribution >= 4 is 54.3 Å². The first-order chi connectivity index (χ1) is 7.27. The Morgan fingerprint density at radius 1 is 1.18 bits per heavy atom. The van der Waals surface area contributed by atoms with E-state index in [0.29, 0.717) is 0 Å². The van der Waals surface area contributed by atoms with Crippen LogP contribution in [0.3, 0.4) is 0 Å². The summed E-state index contributed by atoms with van der Waals surface area (Å²) in [6.45, 7) is 0. The van der Waals surface area contributed by atoms with Gasteiger partial charge in [-0.25, -0.2) is 0 Å². The van der Waals surface area contributed by atoms with Crippen LogP contribution in [0, 0.1) is 0 Å². The minimum atomic E-state index is -4.30. The first kappa shape index (κ1) is 17.6. The SMILES string of the molecule is [CH3][Ge]([CH3])([CH3])[O]C(C=C=O)(C(F)(F)Cl)C(F)(Cl)Cl. The van der Waals surface area contributed by atoms with Crippen LogP contribution < -0.4 is 0 Å². The Hall–Kier alpha value is 0.613. The molecule has 0 rings (SSSR count). The fourth-order valence-corrected chi connectivity index (χ4v) is 4.90. The zero-order valence-corrected chi connectivity index (χ0v) is 13.5. The Morgan fingerprint density at radius 3 is 1.76 bits per heavy atom. The van der Waals surface area contributed by atoms with Gasteiger partial charge in [-0.1, -0.05) is 0 Å². The maximum absolute atomic E-state index is 13.6. The van der Waals surface area contributed by atoms with Crippen molar-refractivity contribution in [3.8, 4) is 0 Å². The van der Waals surface area contributed by atoms with Crippen molar-refractivity contribution in [2.45, 2.75) is 32.8 Å². The Kier molecular flexibility index (Phi) is 5.50. The van der Waals surface area contributed by atoms with Gasteiger partial charge in [-0.3, -0.25) is 0 Å². The second-order valence-corrected chi connectivity index (χ2v) is 15.2. The molecule has 0 aromatic carbocycles. The summed E-state index contributed by atoms with van der Waals surface area (Å²) >= 11 is 11.6. The van der Waals surface area contributed by atoms with E-state index in [2.05, 4.69) is 0 Å². The molecule has 100 valence electrons. The van der Waals surface area contributed by atoms with Gasteiger partial charge in [0.25, 0.3) is 0 Å². The molecule has 0 saturated heterocycles. The quantitative estimate of drug-likeness (QED) is 0.415. The van der Waals surface area contributed by atoms with Crippen molar-refractivity contribution in [1.82, 2.24) is 0 Å². The molecule has 0 aliphatic rings. The molecule has 0 fully saturated rings. The molecule has 17 heavy (non-hydrogen) atoms. The van der Waals surface area contributed by atoms with E-state index in [1.165, 1.54) is 17.3 Å². The number of alkyl halides is 6. The van der Waals surface area contributed by atoms with Gasteiger partial charge < -0.3 is 0 Å². The Labute approximate surface area is 115 Å². The Bertz CT molecular complexity index is 312. The molecule has 0 amide bonds. The number of hydrogen-bond acceptors (Lipinski definition) is 2. The maximum atomic E-state index is 13.6. The van der Waals surface area contributed by atoms with Crippen LogP contribution in [0.15, 0.2) is 6.08 Å². The van der Waals surface area contributed by atoms with Crippen molar-refractivity contribution in [3.63, 3.8) is 0 Å². The van der Waals surface area contributed by atoms with Crippen molar-refractivity contribution < 1.29 is 21.7 Å². The molecule has 0 aromatic rings. The molecule has 9 heteroatoms. The van der Waals surface area contributed by atoms with Crippen LogP contribution in [0.4, 0.5) is 13.2 Å². The van der Waals surface area contributed by atoms with Crippen LogP contribution in [0.5, 0.6) is 0 Å². The third-order valence-corrected chi connectivity index (χ3v) is 4.37. The van der Waals surface area contributed by atoms with E-state index in [0.717, 1.165) is 5.94 Å². The molecule has 0 aromatic heterocycles. The summed E-state index contributed by atoms with van der Waals surface area (Å²) in [5, 5.41) is -4.30. The number of carbonyl (C=O) groups excluding carboxylic acids is 1. The first-order valence-corrected chi connectivity index (χ1v) is 12.6. The molecule has 0 heterocycles. The van der Waals surface area contributed by atoms with Gasteiger partial charge in [0.15, 0.2) is 0 Å². The van der Waals surface area contributed by atoms with Gasteiger partial charge in [0.05, 0.1) is 0 Å². The fraction of sp³-hybridized carbons (Fsp3) is 0.750. The summed E-state index contributed by atoms with van der Waals surface area (Å²) in [6.07, 6.45) is 0.0799. The molecular weight excluding hydrogens is 364 g/mol. The van der Waals surface area contributed by atoms with Gasteiger partial charge in [0.2, 0.25) is 0 Å². The number of hydrogen-bond donors (Lipinski definition) is 0. The molecular formula is C8H10Cl3F3GeO2. The summed E-state index contributed by atoms with van der Waals surface area (Å²) in [5.74, 6) is 5.57. The van der Waals surface area contributed by atoms with Crippen molar-refractivity contribution in [1.29, 1.82) is 0 Å². The molecule has 0 aliphatic carbocycles. The molecule has 1 unspecified atom stereocenters. The van der Waals surface area contributed by atoms with Gasteiger partial charge in [-0.15, -0.1) is 0 Å². The molecule has 0 spiro atoms. The molecule has 2 nitrogen and oxygen atoms in total. The molecule has 0 aliphatic heterocycles. The van der Waals surface area contributed by atoms with Crippen molar-refractivity contribution in [2.75, 3.05) is 0 Å². The zero-order chi connectivity index (χ0) is 14.1. The van der Waals surface area contributed by atoms with Crippen molar-refractivity contribution in [3.05, 3.63) is 6.08 Å². The normalized spacial score (nSPS) is 17.2. The molecule has 1 atom stereocenters. The van der Waals surface area contributed by atoms with Crippen LogP contribution in [-0.4, -0.2) is 35.1 Å². The standard InChI is InChI=1S/C8H10Cl3F3GeO2/c1-15(2,3)17-6(4-5-16,7(9,10)12)8(11,13)14/h4H,1-3H3.